The molecule has 7 heteroatoms. The zero-order valence-corrected chi connectivity index (χ0v) is 12.5. The van der Waals surface area contributed by atoms with Gasteiger partial charge in [0.2, 0.25) is 0 Å². The Hall–Kier alpha value is -1.92. The van der Waals surface area contributed by atoms with Gasteiger partial charge in [-0.1, -0.05) is 23.8 Å². The van der Waals surface area contributed by atoms with E-state index in [-0.39, 0.29) is 4.99 Å². The number of ether oxygens (including phenoxy) is 1. The Bertz CT molecular complexity index is 663. The summed E-state index contributed by atoms with van der Waals surface area (Å²) >= 11 is 11.1. The lowest BCUT2D eigenvalue weighted by molar-refractivity contribution is 0.416. The molecule has 0 unspecified atom stereocenters. The number of anilines is 2. The van der Waals surface area contributed by atoms with Gasteiger partial charge in [-0.2, -0.15) is 5.10 Å². The van der Waals surface area contributed by atoms with Crippen molar-refractivity contribution in [3.63, 3.8) is 0 Å². The van der Waals surface area contributed by atoms with Gasteiger partial charge in [-0.25, -0.2) is 0 Å². The van der Waals surface area contributed by atoms with Crippen LogP contribution in [0.5, 0.6) is 5.75 Å². The molecule has 5 nitrogen and oxygen atoms in total. The molecular weight excluding hydrogens is 296 g/mol. The van der Waals surface area contributed by atoms with E-state index in [1.807, 2.05) is 13.0 Å². The monoisotopic (exact) mass is 308 g/mol. The van der Waals surface area contributed by atoms with Gasteiger partial charge in [0, 0.05) is 11.1 Å². The minimum atomic E-state index is 0.243. The predicted octanol–water partition coefficient (Wildman–Crippen LogP) is 2.82. The van der Waals surface area contributed by atoms with Crippen LogP contribution in [0.1, 0.15) is 11.1 Å². The van der Waals surface area contributed by atoms with Gasteiger partial charge in [0.15, 0.2) is 5.82 Å². The molecule has 0 amide bonds. The SMILES string of the molecule is COc1cc(Cl)c(C)cc1Nc1nnccc1C(N)=S. The standard InChI is InChI=1S/C13H13ClN4OS/c1-7-5-10(11(19-2)6-9(7)14)17-13-8(12(15)20)3-4-16-18-13/h3-6H,1-2H3,(H2,15,20)(H,17,18). The molecule has 104 valence electrons. The molecule has 0 aliphatic heterocycles. The van der Waals surface area contributed by atoms with E-state index in [1.54, 1.807) is 19.2 Å². The van der Waals surface area contributed by atoms with Gasteiger partial charge >= 0.3 is 0 Å². The van der Waals surface area contributed by atoms with Crippen molar-refractivity contribution in [2.75, 3.05) is 12.4 Å². The number of methoxy groups -OCH3 is 1. The van der Waals surface area contributed by atoms with Gasteiger partial charge in [0.1, 0.15) is 10.7 Å². The fourth-order valence-electron chi connectivity index (χ4n) is 1.68. The number of hydrogen-bond donors (Lipinski definition) is 2. The number of nitrogens with two attached hydrogens (primary N) is 1. The van der Waals surface area contributed by atoms with E-state index in [9.17, 15) is 0 Å². The number of nitrogens with one attached hydrogen (secondary N) is 1. The molecule has 0 bridgehead atoms. The summed E-state index contributed by atoms with van der Waals surface area (Å²) in [6.45, 7) is 1.90. The molecule has 3 N–H and O–H groups in total. The van der Waals surface area contributed by atoms with Crippen LogP contribution in [0.2, 0.25) is 5.02 Å². The molecular formula is C13H13ClN4OS. The summed E-state index contributed by atoms with van der Waals surface area (Å²) in [5.41, 5.74) is 7.91. The van der Waals surface area contributed by atoms with Gasteiger partial charge in [0.25, 0.3) is 0 Å². The van der Waals surface area contributed by atoms with Crippen molar-refractivity contribution in [3.05, 3.63) is 40.5 Å². The Morgan fingerprint density at radius 2 is 2.20 bits per heavy atom. The molecule has 0 saturated carbocycles. The second-order valence-electron chi connectivity index (χ2n) is 4.08. The van der Waals surface area contributed by atoms with Crippen LogP contribution < -0.4 is 15.8 Å². The van der Waals surface area contributed by atoms with Crippen molar-refractivity contribution >= 4 is 40.3 Å². The van der Waals surface area contributed by atoms with E-state index < -0.39 is 0 Å². The summed E-state index contributed by atoms with van der Waals surface area (Å²) in [6.07, 6.45) is 1.53. The van der Waals surface area contributed by atoms with Gasteiger partial charge < -0.3 is 15.8 Å². The van der Waals surface area contributed by atoms with Crippen molar-refractivity contribution in [1.29, 1.82) is 0 Å². The highest BCUT2D eigenvalue weighted by Crippen LogP contribution is 2.33. The molecule has 0 aliphatic carbocycles. The number of benzene rings is 1. The first kappa shape index (κ1) is 14.5. The summed E-state index contributed by atoms with van der Waals surface area (Å²) in [7, 11) is 1.57. The van der Waals surface area contributed by atoms with Crippen LogP contribution >= 0.6 is 23.8 Å². The molecule has 0 spiro atoms. The number of hydrogen-bond acceptors (Lipinski definition) is 5. The van der Waals surface area contributed by atoms with Crippen molar-refractivity contribution in [2.24, 2.45) is 5.73 Å². The molecule has 0 fully saturated rings. The average molecular weight is 309 g/mol. The Morgan fingerprint density at radius 1 is 1.45 bits per heavy atom. The number of aromatic nitrogens is 2. The van der Waals surface area contributed by atoms with Gasteiger partial charge in [-0.05, 0) is 24.6 Å². The van der Waals surface area contributed by atoms with Crippen molar-refractivity contribution in [3.8, 4) is 5.75 Å². The third-order valence-corrected chi connectivity index (χ3v) is 3.35. The van der Waals surface area contributed by atoms with Crippen molar-refractivity contribution in [2.45, 2.75) is 6.92 Å². The molecule has 0 atom stereocenters. The van der Waals surface area contributed by atoms with Crippen LogP contribution in [0, 0.1) is 6.92 Å². The number of aryl methyl sites for hydroxylation is 1. The van der Waals surface area contributed by atoms with E-state index in [2.05, 4.69) is 15.5 Å². The van der Waals surface area contributed by atoms with Gasteiger partial charge in [-0.3, -0.25) is 0 Å². The molecule has 0 saturated heterocycles. The molecule has 1 heterocycles. The largest absolute Gasteiger partial charge is 0.495 e. The average Bonchev–Trinajstić information content (AvgIpc) is 2.43. The number of nitrogens with zero attached hydrogens (tertiary/aromatic N) is 2. The van der Waals surface area contributed by atoms with Crippen LogP contribution in [0.25, 0.3) is 0 Å². The van der Waals surface area contributed by atoms with Crippen LogP contribution in [-0.2, 0) is 0 Å². The van der Waals surface area contributed by atoms with Crippen LogP contribution in [0.3, 0.4) is 0 Å². The first-order valence-corrected chi connectivity index (χ1v) is 6.54. The molecule has 1 aromatic carbocycles. The molecule has 2 aromatic rings. The summed E-state index contributed by atoms with van der Waals surface area (Å²) < 4.78 is 5.29. The Morgan fingerprint density at radius 3 is 2.85 bits per heavy atom. The fourth-order valence-corrected chi connectivity index (χ4v) is 2.00. The zero-order chi connectivity index (χ0) is 14.7. The highest BCUT2D eigenvalue weighted by molar-refractivity contribution is 7.80. The number of thiocarbonyl (C=S) groups is 1. The second kappa shape index (κ2) is 6.02. The lowest BCUT2D eigenvalue weighted by atomic mass is 10.2. The van der Waals surface area contributed by atoms with E-state index in [1.165, 1.54) is 6.20 Å². The number of rotatable bonds is 4. The summed E-state index contributed by atoms with van der Waals surface area (Å²) in [4.78, 5) is 0.243. The van der Waals surface area contributed by atoms with Crippen molar-refractivity contribution < 1.29 is 4.74 Å². The molecule has 1 aromatic heterocycles. The minimum absolute atomic E-state index is 0.243. The van der Waals surface area contributed by atoms with E-state index in [0.29, 0.717) is 27.8 Å². The third kappa shape index (κ3) is 2.97. The Labute approximate surface area is 127 Å². The molecule has 0 aliphatic rings. The van der Waals surface area contributed by atoms with Gasteiger partial charge in [-0.15, -0.1) is 5.10 Å². The lowest BCUT2D eigenvalue weighted by Gasteiger charge is -2.14. The Kier molecular flexibility index (Phi) is 4.36. The predicted molar refractivity (Wildman–Crippen MR) is 83.9 cm³/mol. The third-order valence-electron chi connectivity index (χ3n) is 2.72. The maximum Gasteiger partial charge on any atom is 0.163 e. The quantitative estimate of drug-likeness (QED) is 0.846. The van der Waals surface area contributed by atoms with Gasteiger partial charge in [0.05, 0.1) is 24.6 Å². The van der Waals surface area contributed by atoms with Crippen LogP contribution in [0.15, 0.2) is 24.4 Å². The maximum atomic E-state index is 6.07. The molecule has 0 radical (unpaired) electrons. The normalized spacial score (nSPS) is 10.2. The highest BCUT2D eigenvalue weighted by atomic mass is 35.5. The van der Waals surface area contributed by atoms with E-state index >= 15 is 0 Å². The topological polar surface area (TPSA) is 73.1 Å². The maximum absolute atomic E-state index is 6.07. The molecule has 2 rings (SSSR count). The zero-order valence-electron chi connectivity index (χ0n) is 11.0. The Balaban J connectivity index is 2.45. The summed E-state index contributed by atoms with van der Waals surface area (Å²) in [5.74, 6) is 1.07. The van der Waals surface area contributed by atoms with E-state index in [0.717, 1.165) is 5.56 Å². The lowest BCUT2D eigenvalue weighted by Crippen LogP contribution is -2.13. The first-order valence-electron chi connectivity index (χ1n) is 5.75. The number of halogens is 1. The highest BCUT2D eigenvalue weighted by Gasteiger charge is 2.12. The van der Waals surface area contributed by atoms with E-state index in [4.69, 9.17) is 34.3 Å². The summed E-state index contributed by atoms with van der Waals surface area (Å²) in [6, 6.07) is 5.29. The first-order chi connectivity index (χ1) is 9.52. The van der Waals surface area contributed by atoms with Crippen LogP contribution in [-0.4, -0.2) is 22.3 Å². The minimum Gasteiger partial charge on any atom is -0.495 e. The fraction of sp³-hybridized carbons (Fsp3) is 0.154. The van der Waals surface area contributed by atoms with Crippen LogP contribution in [0.4, 0.5) is 11.5 Å². The second-order valence-corrected chi connectivity index (χ2v) is 4.93. The van der Waals surface area contributed by atoms with Crippen molar-refractivity contribution in [1.82, 2.24) is 10.2 Å². The summed E-state index contributed by atoms with van der Waals surface area (Å²) in [5, 5.41) is 11.6. The molecule has 20 heavy (non-hydrogen) atoms. The smallest absolute Gasteiger partial charge is 0.163 e.